The topological polar surface area (TPSA) is 55.8 Å². The molecule has 154 valence electrons. The molecule has 0 aliphatic heterocycles. The first-order valence-corrected chi connectivity index (χ1v) is 11.0. The van der Waals surface area contributed by atoms with Crippen LogP contribution in [-0.4, -0.2) is 30.5 Å². The van der Waals surface area contributed by atoms with Crippen LogP contribution in [0.3, 0.4) is 0 Å². The van der Waals surface area contributed by atoms with Crippen molar-refractivity contribution in [3.8, 4) is 11.5 Å². The van der Waals surface area contributed by atoms with Crippen molar-refractivity contribution in [2.75, 3.05) is 19.5 Å². The van der Waals surface area contributed by atoms with Gasteiger partial charge in [-0.15, -0.1) is 11.8 Å². The summed E-state index contributed by atoms with van der Waals surface area (Å²) in [6, 6.07) is 23.9. The average molecular weight is 485 g/mol. The normalized spacial score (nSPS) is 11.2. The Bertz CT molecular complexity index is 1030. The number of benzene rings is 3. The molecule has 0 heterocycles. The summed E-state index contributed by atoms with van der Waals surface area (Å²) in [5.41, 5.74) is 3.38. The number of hydrogen-bond donors (Lipinski definition) is 1. The third-order valence-corrected chi connectivity index (χ3v) is 5.80. The highest BCUT2D eigenvalue weighted by molar-refractivity contribution is 9.10. The van der Waals surface area contributed by atoms with Crippen molar-refractivity contribution in [2.45, 2.75) is 4.90 Å². The third kappa shape index (κ3) is 6.15. The molecule has 1 N–H and O–H groups in total. The van der Waals surface area contributed by atoms with E-state index in [1.807, 2.05) is 48.5 Å². The van der Waals surface area contributed by atoms with Gasteiger partial charge in [0.1, 0.15) is 11.5 Å². The van der Waals surface area contributed by atoms with Gasteiger partial charge in [0.2, 0.25) is 0 Å². The summed E-state index contributed by atoms with van der Waals surface area (Å²) in [5, 5.41) is 8.75. The van der Waals surface area contributed by atoms with Gasteiger partial charge in [-0.2, -0.15) is 0 Å². The molecule has 3 rings (SSSR count). The first-order valence-electron chi connectivity index (χ1n) is 9.24. The highest BCUT2D eigenvalue weighted by Crippen LogP contribution is 2.32. The molecule has 0 aliphatic rings. The van der Waals surface area contributed by atoms with Crippen molar-refractivity contribution in [1.29, 1.82) is 0 Å². The van der Waals surface area contributed by atoms with Crippen molar-refractivity contribution in [1.82, 2.24) is 0 Å². The molecule has 0 saturated heterocycles. The van der Waals surface area contributed by atoms with Crippen LogP contribution in [0.5, 0.6) is 11.5 Å². The first-order chi connectivity index (χ1) is 14.6. The zero-order valence-electron chi connectivity index (χ0n) is 16.4. The summed E-state index contributed by atoms with van der Waals surface area (Å²) < 4.78 is 11.4. The number of carboxylic acid groups (broad SMARTS) is 1. The number of rotatable bonds is 9. The van der Waals surface area contributed by atoms with Crippen LogP contribution in [-0.2, 0) is 4.79 Å². The number of methoxy groups -OCH3 is 1. The second kappa shape index (κ2) is 10.9. The van der Waals surface area contributed by atoms with Crippen LogP contribution < -0.4 is 9.47 Å². The SMILES string of the molecule is COc1cccc(C(=CCSc2ccc(OCC(=O)O)c(Br)c2)c2ccccc2)c1. The van der Waals surface area contributed by atoms with E-state index in [4.69, 9.17) is 14.6 Å². The zero-order valence-corrected chi connectivity index (χ0v) is 18.8. The predicted molar refractivity (Wildman–Crippen MR) is 125 cm³/mol. The van der Waals surface area contributed by atoms with Crippen LogP contribution in [0.1, 0.15) is 11.1 Å². The molecular formula is C24H21BrO4S. The Labute approximate surface area is 188 Å². The van der Waals surface area contributed by atoms with Gasteiger partial charge in [-0.05, 0) is 63.0 Å². The van der Waals surface area contributed by atoms with Gasteiger partial charge in [0.15, 0.2) is 6.61 Å². The highest BCUT2D eigenvalue weighted by Gasteiger charge is 2.08. The molecule has 0 atom stereocenters. The molecule has 3 aromatic rings. The summed E-state index contributed by atoms with van der Waals surface area (Å²) in [4.78, 5) is 11.7. The average Bonchev–Trinajstić information content (AvgIpc) is 2.76. The lowest BCUT2D eigenvalue weighted by atomic mass is 9.98. The van der Waals surface area contributed by atoms with Gasteiger partial charge in [-0.1, -0.05) is 48.5 Å². The molecule has 0 saturated carbocycles. The summed E-state index contributed by atoms with van der Waals surface area (Å²) in [6.07, 6.45) is 2.21. The number of carboxylic acids is 1. The summed E-state index contributed by atoms with van der Waals surface area (Å²) >= 11 is 5.13. The van der Waals surface area contributed by atoms with Crippen LogP contribution >= 0.6 is 27.7 Å². The van der Waals surface area contributed by atoms with E-state index in [1.165, 1.54) is 0 Å². The van der Waals surface area contributed by atoms with Crippen molar-refractivity contribution in [3.05, 3.63) is 94.5 Å². The Morgan fingerprint density at radius 1 is 1.03 bits per heavy atom. The molecular weight excluding hydrogens is 464 g/mol. The molecule has 0 fully saturated rings. The number of aliphatic carboxylic acids is 1. The van der Waals surface area contributed by atoms with E-state index in [1.54, 1.807) is 24.9 Å². The predicted octanol–water partition coefficient (Wildman–Crippen LogP) is 6.15. The fourth-order valence-electron chi connectivity index (χ4n) is 2.86. The van der Waals surface area contributed by atoms with Crippen molar-refractivity contribution in [2.24, 2.45) is 0 Å². The maximum atomic E-state index is 10.7. The standard InChI is InChI=1S/C24H21BrO4S/c1-28-19-9-5-8-18(14-19)21(17-6-3-2-4-7-17)12-13-30-20-10-11-23(22(25)15-20)29-16-24(26)27/h2-12,14-15H,13,16H2,1H3,(H,26,27). The molecule has 4 nitrogen and oxygen atoms in total. The van der Waals surface area contributed by atoms with Gasteiger partial charge in [0.05, 0.1) is 11.6 Å². The molecule has 0 aliphatic carbocycles. The molecule has 0 aromatic heterocycles. The van der Waals surface area contributed by atoms with Gasteiger partial charge in [0, 0.05) is 10.6 Å². The number of thioether (sulfide) groups is 1. The van der Waals surface area contributed by atoms with Crippen LogP contribution in [0.4, 0.5) is 0 Å². The van der Waals surface area contributed by atoms with Crippen molar-refractivity contribution in [3.63, 3.8) is 0 Å². The van der Waals surface area contributed by atoms with E-state index in [0.29, 0.717) is 5.75 Å². The van der Waals surface area contributed by atoms with Crippen LogP contribution in [0.15, 0.2) is 88.2 Å². The van der Waals surface area contributed by atoms with Crippen LogP contribution in [0.2, 0.25) is 0 Å². The fourth-order valence-corrected chi connectivity index (χ4v) is 4.31. The largest absolute Gasteiger partial charge is 0.497 e. The molecule has 0 unspecified atom stereocenters. The van der Waals surface area contributed by atoms with E-state index in [2.05, 4.69) is 40.2 Å². The Balaban J connectivity index is 1.78. The van der Waals surface area contributed by atoms with Crippen molar-refractivity contribution < 1.29 is 19.4 Å². The van der Waals surface area contributed by atoms with Gasteiger partial charge in [0.25, 0.3) is 0 Å². The number of ether oxygens (including phenoxy) is 2. The van der Waals surface area contributed by atoms with E-state index in [0.717, 1.165) is 37.6 Å². The summed E-state index contributed by atoms with van der Waals surface area (Å²) in [7, 11) is 1.67. The molecule has 6 heteroatoms. The van der Waals surface area contributed by atoms with E-state index in [-0.39, 0.29) is 6.61 Å². The summed E-state index contributed by atoms with van der Waals surface area (Å²) in [5.74, 6) is 1.10. The van der Waals surface area contributed by atoms with Gasteiger partial charge in [-0.3, -0.25) is 0 Å². The lowest BCUT2D eigenvalue weighted by Gasteiger charge is -2.11. The molecule has 0 spiro atoms. The van der Waals surface area contributed by atoms with Crippen molar-refractivity contribution >= 4 is 39.2 Å². The quantitative estimate of drug-likeness (QED) is 0.369. The van der Waals surface area contributed by atoms with Gasteiger partial charge in [-0.25, -0.2) is 4.79 Å². The maximum Gasteiger partial charge on any atom is 0.341 e. The minimum atomic E-state index is -1.00. The Morgan fingerprint density at radius 3 is 2.50 bits per heavy atom. The van der Waals surface area contributed by atoms with Gasteiger partial charge >= 0.3 is 5.97 Å². The maximum absolute atomic E-state index is 10.7. The molecule has 30 heavy (non-hydrogen) atoms. The number of hydrogen-bond acceptors (Lipinski definition) is 4. The lowest BCUT2D eigenvalue weighted by molar-refractivity contribution is -0.139. The van der Waals surface area contributed by atoms with Crippen LogP contribution in [0.25, 0.3) is 5.57 Å². The van der Waals surface area contributed by atoms with Gasteiger partial charge < -0.3 is 14.6 Å². The molecule has 3 aromatic carbocycles. The minimum Gasteiger partial charge on any atom is -0.497 e. The molecule has 0 radical (unpaired) electrons. The monoisotopic (exact) mass is 484 g/mol. The minimum absolute atomic E-state index is 0.366. The van der Waals surface area contributed by atoms with E-state index < -0.39 is 5.97 Å². The van der Waals surface area contributed by atoms with E-state index >= 15 is 0 Å². The second-order valence-corrected chi connectivity index (χ2v) is 8.25. The highest BCUT2D eigenvalue weighted by atomic mass is 79.9. The lowest BCUT2D eigenvalue weighted by Crippen LogP contribution is -2.09. The first kappa shape index (κ1) is 22.0. The Morgan fingerprint density at radius 2 is 1.80 bits per heavy atom. The van der Waals surface area contributed by atoms with E-state index in [9.17, 15) is 4.79 Å². The number of halogens is 1. The second-order valence-electron chi connectivity index (χ2n) is 6.30. The summed E-state index contributed by atoms with van der Waals surface area (Å²) in [6.45, 7) is -0.366. The van der Waals surface area contributed by atoms with Crippen LogP contribution in [0, 0.1) is 0 Å². The third-order valence-electron chi connectivity index (χ3n) is 4.26. The molecule has 0 bridgehead atoms. The zero-order chi connectivity index (χ0) is 21.3. The Hall–Kier alpha value is -2.70. The molecule has 0 amide bonds. The fraction of sp³-hybridized carbons (Fsp3) is 0.125. The smallest absolute Gasteiger partial charge is 0.341 e. The Kier molecular flexibility index (Phi) is 7.99. The number of carbonyl (C=O) groups is 1.